The number of unbranched alkanes of at least 4 members (excludes halogenated alkanes) is 1. The summed E-state index contributed by atoms with van der Waals surface area (Å²) >= 11 is 0. The lowest BCUT2D eigenvalue weighted by Crippen LogP contribution is -2.25. The second-order valence-electron chi connectivity index (χ2n) is 7.59. The van der Waals surface area contributed by atoms with E-state index in [0.29, 0.717) is 18.8 Å². The number of tetrazole rings is 1. The SMILES string of the molecule is CCCCc1cc(C(=O)OC)cc(=O)n1Cc1ccc(-c2ccccc2-c2nn[nH]n2)nc1.Cl. The second-order valence-corrected chi connectivity index (χ2v) is 7.59. The van der Waals surface area contributed by atoms with Gasteiger partial charge in [-0.1, -0.05) is 43.7 Å². The standard InChI is InChI=1S/C24H24N6O3.ClH/c1-3-4-7-18-12-17(24(32)33-2)13-22(31)30(18)15-16-10-11-21(25-14-16)19-8-5-6-9-20(19)23-26-28-29-27-23;/h5-6,8-14H,3-4,7,15H2,1-2H3,(H,26,27,28,29);1H. The van der Waals surface area contributed by atoms with Gasteiger partial charge in [0.25, 0.3) is 5.56 Å². The lowest BCUT2D eigenvalue weighted by molar-refractivity contribution is 0.0600. The van der Waals surface area contributed by atoms with Gasteiger partial charge >= 0.3 is 5.97 Å². The van der Waals surface area contributed by atoms with E-state index in [-0.39, 0.29) is 23.5 Å². The molecule has 0 radical (unpaired) electrons. The van der Waals surface area contributed by atoms with Gasteiger partial charge in [-0.2, -0.15) is 5.21 Å². The van der Waals surface area contributed by atoms with Gasteiger partial charge in [0.2, 0.25) is 5.82 Å². The summed E-state index contributed by atoms with van der Waals surface area (Å²) in [5.41, 5.74) is 4.18. The van der Waals surface area contributed by atoms with Gasteiger partial charge in [0.05, 0.1) is 24.9 Å². The van der Waals surface area contributed by atoms with Crippen LogP contribution in [0.4, 0.5) is 0 Å². The Labute approximate surface area is 202 Å². The van der Waals surface area contributed by atoms with Crippen LogP contribution in [0.2, 0.25) is 0 Å². The number of hydrogen-bond donors (Lipinski definition) is 1. The molecule has 0 unspecified atom stereocenters. The lowest BCUT2D eigenvalue weighted by atomic mass is 10.0. The van der Waals surface area contributed by atoms with Crippen LogP contribution in [0.25, 0.3) is 22.6 Å². The topological polar surface area (TPSA) is 116 Å². The Hall–Kier alpha value is -3.85. The van der Waals surface area contributed by atoms with Gasteiger partial charge in [-0.05, 0) is 35.8 Å². The number of hydrogen-bond acceptors (Lipinski definition) is 7. The Morgan fingerprint density at radius 3 is 2.56 bits per heavy atom. The highest BCUT2D eigenvalue weighted by atomic mass is 35.5. The average Bonchev–Trinajstić information content (AvgIpc) is 3.39. The van der Waals surface area contributed by atoms with Crippen molar-refractivity contribution in [3.8, 4) is 22.6 Å². The molecule has 0 spiro atoms. The molecule has 34 heavy (non-hydrogen) atoms. The number of nitrogens with zero attached hydrogens (tertiary/aromatic N) is 5. The summed E-state index contributed by atoms with van der Waals surface area (Å²) in [7, 11) is 1.31. The number of H-pyrrole nitrogens is 1. The summed E-state index contributed by atoms with van der Waals surface area (Å²) < 4.78 is 6.48. The Bertz CT molecular complexity index is 1300. The van der Waals surface area contributed by atoms with Gasteiger partial charge in [-0.25, -0.2) is 4.79 Å². The number of aromatic amines is 1. The Morgan fingerprint density at radius 1 is 1.12 bits per heavy atom. The van der Waals surface area contributed by atoms with E-state index in [1.165, 1.54) is 13.2 Å². The van der Waals surface area contributed by atoms with Gasteiger partial charge in [-0.15, -0.1) is 22.6 Å². The van der Waals surface area contributed by atoms with E-state index in [0.717, 1.165) is 40.9 Å². The van der Waals surface area contributed by atoms with Crippen LogP contribution in [0.3, 0.4) is 0 Å². The van der Waals surface area contributed by atoms with E-state index in [9.17, 15) is 9.59 Å². The summed E-state index contributed by atoms with van der Waals surface area (Å²) in [4.78, 5) is 29.4. The first-order valence-electron chi connectivity index (χ1n) is 10.7. The number of halogens is 1. The molecule has 1 aromatic carbocycles. The quantitative estimate of drug-likeness (QED) is 0.382. The normalized spacial score (nSPS) is 10.5. The first-order valence-corrected chi connectivity index (χ1v) is 10.7. The van der Waals surface area contributed by atoms with E-state index < -0.39 is 5.97 Å². The fourth-order valence-electron chi connectivity index (χ4n) is 3.67. The Morgan fingerprint density at radius 2 is 1.91 bits per heavy atom. The minimum atomic E-state index is -0.511. The smallest absolute Gasteiger partial charge is 0.338 e. The molecule has 0 saturated carbocycles. The molecule has 0 aliphatic heterocycles. The van der Waals surface area contributed by atoms with Crippen molar-refractivity contribution >= 4 is 18.4 Å². The molecule has 0 atom stereocenters. The summed E-state index contributed by atoms with van der Waals surface area (Å²) in [6, 6.07) is 14.6. The number of carbonyl (C=O) groups is 1. The molecule has 4 aromatic rings. The second kappa shape index (κ2) is 11.3. The minimum absolute atomic E-state index is 0. The van der Waals surface area contributed by atoms with Crippen LogP contribution in [0, 0.1) is 0 Å². The lowest BCUT2D eigenvalue weighted by Gasteiger charge is -2.14. The van der Waals surface area contributed by atoms with E-state index in [1.807, 2.05) is 36.4 Å². The van der Waals surface area contributed by atoms with E-state index >= 15 is 0 Å². The molecule has 1 N–H and O–H groups in total. The maximum atomic E-state index is 12.8. The molecule has 10 heteroatoms. The summed E-state index contributed by atoms with van der Waals surface area (Å²) in [5, 5.41) is 14.2. The molecular formula is C24H25ClN6O3. The van der Waals surface area contributed by atoms with E-state index in [4.69, 9.17) is 4.74 Å². The molecular weight excluding hydrogens is 456 g/mol. The molecule has 0 aliphatic carbocycles. The number of aryl methyl sites for hydroxylation is 1. The number of carbonyl (C=O) groups excluding carboxylic acids is 1. The largest absolute Gasteiger partial charge is 0.465 e. The van der Waals surface area contributed by atoms with E-state index in [2.05, 4.69) is 32.5 Å². The Balaban J connectivity index is 0.00000324. The zero-order valence-corrected chi connectivity index (χ0v) is 19.7. The van der Waals surface area contributed by atoms with Crippen molar-refractivity contribution in [1.29, 1.82) is 0 Å². The molecule has 0 aliphatic rings. The highest BCUT2D eigenvalue weighted by Gasteiger charge is 2.14. The molecule has 0 saturated heterocycles. The molecule has 3 heterocycles. The van der Waals surface area contributed by atoms with Crippen molar-refractivity contribution in [2.45, 2.75) is 32.7 Å². The van der Waals surface area contributed by atoms with Gasteiger partial charge in [0.15, 0.2) is 0 Å². The molecule has 9 nitrogen and oxygen atoms in total. The predicted molar refractivity (Wildman–Crippen MR) is 130 cm³/mol. The predicted octanol–water partition coefficient (Wildman–Crippen LogP) is 3.69. The highest BCUT2D eigenvalue weighted by molar-refractivity contribution is 5.89. The summed E-state index contributed by atoms with van der Waals surface area (Å²) in [6.45, 7) is 2.45. The maximum absolute atomic E-state index is 12.8. The van der Waals surface area contributed by atoms with Crippen molar-refractivity contribution in [3.63, 3.8) is 0 Å². The number of esters is 1. The number of benzene rings is 1. The summed E-state index contributed by atoms with van der Waals surface area (Å²) in [6.07, 6.45) is 4.34. The summed E-state index contributed by atoms with van der Waals surface area (Å²) in [5.74, 6) is -0.0161. The number of rotatable bonds is 8. The van der Waals surface area contributed by atoms with Crippen molar-refractivity contribution < 1.29 is 9.53 Å². The number of methoxy groups -OCH3 is 1. The van der Waals surface area contributed by atoms with Crippen LogP contribution in [0.1, 0.15) is 41.4 Å². The van der Waals surface area contributed by atoms with Crippen molar-refractivity contribution in [2.75, 3.05) is 7.11 Å². The van der Waals surface area contributed by atoms with Gasteiger partial charge < -0.3 is 9.30 Å². The first kappa shape index (κ1) is 24.8. The highest BCUT2D eigenvalue weighted by Crippen LogP contribution is 2.28. The van der Waals surface area contributed by atoms with Crippen molar-refractivity contribution in [3.05, 3.63) is 81.9 Å². The van der Waals surface area contributed by atoms with E-state index in [1.54, 1.807) is 16.8 Å². The van der Waals surface area contributed by atoms with Crippen LogP contribution in [-0.2, 0) is 17.7 Å². The maximum Gasteiger partial charge on any atom is 0.338 e. The van der Waals surface area contributed by atoms with Gasteiger partial charge in [0, 0.05) is 29.1 Å². The number of nitrogens with one attached hydrogen (secondary N) is 1. The molecule has 4 rings (SSSR count). The van der Waals surface area contributed by atoms with Gasteiger partial charge in [0.1, 0.15) is 0 Å². The molecule has 0 amide bonds. The van der Waals surface area contributed by atoms with Crippen molar-refractivity contribution in [1.82, 2.24) is 30.2 Å². The van der Waals surface area contributed by atoms with Crippen LogP contribution in [0.15, 0.2) is 59.5 Å². The number of aromatic nitrogens is 6. The van der Waals surface area contributed by atoms with Crippen LogP contribution < -0.4 is 5.56 Å². The zero-order chi connectivity index (χ0) is 23.2. The number of ether oxygens (including phenoxy) is 1. The third kappa shape index (κ3) is 5.37. The molecule has 0 bridgehead atoms. The first-order chi connectivity index (χ1) is 16.1. The van der Waals surface area contributed by atoms with Crippen LogP contribution >= 0.6 is 12.4 Å². The average molecular weight is 481 g/mol. The van der Waals surface area contributed by atoms with Crippen molar-refractivity contribution in [2.24, 2.45) is 0 Å². The minimum Gasteiger partial charge on any atom is -0.465 e. The third-order valence-corrected chi connectivity index (χ3v) is 5.38. The van der Waals surface area contributed by atoms with Gasteiger partial charge in [-0.3, -0.25) is 9.78 Å². The molecule has 0 fully saturated rings. The number of pyridine rings is 2. The Kier molecular flexibility index (Phi) is 8.26. The van der Waals surface area contributed by atoms with Crippen LogP contribution in [-0.4, -0.2) is 43.3 Å². The molecule has 176 valence electrons. The fraction of sp³-hybridized carbons (Fsp3) is 0.250. The monoisotopic (exact) mass is 480 g/mol. The zero-order valence-electron chi connectivity index (χ0n) is 18.9. The molecule has 3 aromatic heterocycles. The third-order valence-electron chi connectivity index (χ3n) is 5.38. The fourth-order valence-corrected chi connectivity index (χ4v) is 3.67. The van der Waals surface area contributed by atoms with Crippen LogP contribution in [0.5, 0.6) is 0 Å².